The van der Waals surface area contributed by atoms with E-state index in [4.69, 9.17) is 16.6 Å². The van der Waals surface area contributed by atoms with Gasteiger partial charge in [-0.25, -0.2) is 0 Å². The van der Waals surface area contributed by atoms with Crippen LogP contribution in [0.1, 0.15) is 24.3 Å². The van der Waals surface area contributed by atoms with Gasteiger partial charge in [0, 0.05) is 6.42 Å². The van der Waals surface area contributed by atoms with Crippen molar-refractivity contribution in [2.45, 2.75) is 19.9 Å². The van der Waals surface area contributed by atoms with Gasteiger partial charge < -0.3 is 4.42 Å². The zero-order valence-electron chi connectivity index (χ0n) is 12.6. The van der Waals surface area contributed by atoms with Gasteiger partial charge >= 0.3 is 5.69 Å². The van der Waals surface area contributed by atoms with Crippen molar-refractivity contribution in [3.63, 3.8) is 0 Å². The number of hydrogen-bond donors (Lipinski definition) is 1. The number of H-pyrrole nitrogens is 1. The SMILES string of the molecule is CCc1n[nH]c(=S)n1N=Cc1ccc(Cn2cc([N+](=O)[O-])cn2)o1. The molecule has 3 aromatic rings. The van der Waals surface area contributed by atoms with Crippen LogP contribution >= 0.6 is 12.2 Å². The topological polar surface area (TPSA) is 120 Å². The lowest BCUT2D eigenvalue weighted by Crippen LogP contribution is -1.98. The van der Waals surface area contributed by atoms with Crippen LogP contribution in [0, 0.1) is 14.9 Å². The van der Waals surface area contributed by atoms with Crippen LogP contribution in [0.5, 0.6) is 0 Å². The fourth-order valence-electron chi connectivity index (χ4n) is 2.03. The Morgan fingerprint density at radius 3 is 3.08 bits per heavy atom. The second-order valence-electron chi connectivity index (χ2n) is 4.81. The predicted octanol–water partition coefficient (Wildman–Crippen LogP) is 2.13. The molecule has 124 valence electrons. The molecule has 24 heavy (non-hydrogen) atoms. The van der Waals surface area contributed by atoms with E-state index in [1.165, 1.54) is 28.0 Å². The minimum atomic E-state index is -0.496. The summed E-state index contributed by atoms with van der Waals surface area (Å²) < 4.78 is 8.96. The molecule has 11 heteroatoms. The Bertz CT molecular complexity index is 949. The Balaban J connectivity index is 1.73. The van der Waals surface area contributed by atoms with E-state index in [0.717, 1.165) is 0 Å². The van der Waals surface area contributed by atoms with E-state index >= 15 is 0 Å². The highest BCUT2D eigenvalue weighted by molar-refractivity contribution is 7.71. The Hall–Kier alpha value is -3.08. The third-order valence-electron chi connectivity index (χ3n) is 3.16. The van der Waals surface area contributed by atoms with Crippen LogP contribution in [0.2, 0.25) is 0 Å². The predicted molar refractivity (Wildman–Crippen MR) is 86.5 cm³/mol. The molecule has 0 bridgehead atoms. The van der Waals surface area contributed by atoms with Gasteiger partial charge in [0.15, 0.2) is 5.82 Å². The van der Waals surface area contributed by atoms with E-state index in [-0.39, 0.29) is 12.2 Å². The van der Waals surface area contributed by atoms with Crippen LogP contribution in [0.3, 0.4) is 0 Å². The first-order chi connectivity index (χ1) is 11.6. The average Bonchev–Trinajstić information content (AvgIpc) is 3.26. The molecular formula is C13H13N7O3S. The maximum absolute atomic E-state index is 10.6. The van der Waals surface area contributed by atoms with E-state index in [2.05, 4.69) is 20.4 Å². The molecule has 0 saturated heterocycles. The third-order valence-corrected chi connectivity index (χ3v) is 3.43. The second-order valence-corrected chi connectivity index (χ2v) is 5.20. The maximum atomic E-state index is 10.6. The summed E-state index contributed by atoms with van der Waals surface area (Å²) >= 11 is 5.10. The zero-order valence-corrected chi connectivity index (χ0v) is 13.4. The van der Waals surface area contributed by atoms with E-state index in [0.29, 0.717) is 28.5 Å². The molecule has 0 amide bonds. The Morgan fingerprint density at radius 1 is 1.54 bits per heavy atom. The van der Waals surface area contributed by atoms with Crippen molar-refractivity contribution in [1.82, 2.24) is 24.7 Å². The summed E-state index contributed by atoms with van der Waals surface area (Å²) in [5, 5.41) is 25.5. The number of furan rings is 1. The Labute approximate surface area is 140 Å². The van der Waals surface area contributed by atoms with Gasteiger partial charge in [0.25, 0.3) is 0 Å². The van der Waals surface area contributed by atoms with Gasteiger partial charge in [-0.15, -0.1) is 0 Å². The van der Waals surface area contributed by atoms with Crippen molar-refractivity contribution in [1.29, 1.82) is 0 Å². The average molecular weight is 347 g/mol. The quantitative estimate of drug-likeness (QED) is 0.316. The summed E-state index contributed by atoms with van der Waals surface area (Å²) in [7, 11) is 0. The standard InChI is InChI=1S/C13H13N7O3S/c1-2-12-16-17-13(24)19(12)15-6-10-3-4-11(23-10)8-18-7-9(5-14-18)20(21)22/h3-7H,2,8H2,1H3,(H,17,24). The second kappa shape index (κ2) is 6.58. The summed E-state index contributed by atoms with van der Waals surface area (Å²) in [5.74, 6) is 1.84. The van der Waals surface area contributed by atoms with Crippen molar-refractivity contribution in [3.05, 3.63) is 56.8 Å². The van der Waals surface area contributed by atoms with Gasteiger partial charge in [-0.05, 0) is 24.4 Å². The van der Waals surface area contributed by atoms with Gasteiger partial charge in [-0.2, -0.15) is 20.0 Å². The molecule has 0 radical (unpaired) electrons. The molecule has 3 rings (SSSR count). The molecule has 0 atom stereocenters. The van der Waals surface area contributed by atoms with E-state index in [1.54, 1.807) is 12.1 Å². The number of hydrogen-bond acceptors (Lipinski definition) is 7. The molecule has 0 aliphatic heterocycles. The first-order valence-electron chi connectivity index (χ1n) is 7.03. The molecule has 0 aliphatic rings. The smallest absolute Gasteiger partial charge is 0.307 e. The maximum Gasteiger partial charge on any atom is 0.307 e. The van der Waals surface area contributed by atoms with Gasteiger partial charge in [-0.1, -0.05) is 6.92 Å². The summed E-state index contributed by atoms with van der Waals surface area (Å²) in [6, 6.07) is 3.50. The molecule has 3 aromatic heterocycles. The molecule has 0 aromatic carbocycles. The normalized spacial score (nSPS) is 11.4. The number of nitrogens with zero attached hydrogens (tertiary/aromatic N) is 6. The van der Waals surface area contributed by atoms with Crippen LogP contribution in [-0.2, 0) is 13.0 Å². The van der Waals surface area contributed by atoms with Crippen molar-refractivity contribution >= 4 is 24.1 Å². The summed E-state index contributed by atoms with van der Waals surface area (Å²) in [6.07, 6.45) is 4.75. The lowest BCUT2D eigenvalue weighted by atomic mass is 10.4. The zero-order chi connectivity index (χ0) is 17.1. The molecule has 0 aliphatic carbocycles. The van der Waals surface area contributed by atoms with E-state index in [9.17, 15) is 10.1 Å². The minimum Gasteiger partial charge on any atom is -0.458 e. The number of nitro groups is 1. The lowest BCUT2D eigenvalue weighted by Gasteiger charge is -1.97. The molecular weight excluding hydrogens is 334 g/mol. The molecule has 1 N–H and O–H groups in total. The molecule has 0 spiro atoms. The lowest BCUT2D eigenvalue weighted by molar-refractivity contribution is -0.385. The first-order valence-corrected chi connectivity index (χ1v) is 7.44. The van der Waals surface area contributed by atoms with Crippen LogP contribution in [0.25, 0.3) is 0 Å². The van der Waals surface area contributed by atoms with E-state index in [1.807, 2.05) is 6.92 Å². The number of aryl methyl sites for hydroxylation is 1. The first kappa shape index (κ1) is 15.8. The van der Waals surface area contributed by atoms with Crippen LogP contribution in [0.4, 0.5) is 5.69 Å². The summed E-state index contributed by atoms with van der Waals surface area (Å²) in [5.41, 5.74) is -0.0650. The number of aromatic nitrogens is 5. The number of rotatable bonds is 6. The fourth-order valence-corrected chi connectivity index (χ4v) is 2.23. The molecule has 3 heterocycles. The van der Waals surface area contributed by atoms with Crippen molar-refractivity contribution in [2.75, 3.05) is 0 Å². The number of aromatic amines is 1. The highest BCUT2D eigenvalue weighted by Gasteiger charge is 2.10. The largest absolute Gasteiger partial charge is 0.458 e. The fraction of sp³-hybridized carbons (Fsp3) is 0.231. The summed E-state index contributed by atoms with van der Waals surface area (Å²) in [6.45, 7) is 2.23. The third kappa shape index (κ3) is 3.30. The van der Waals surface area contributed by atoms with Crippen molar-refractivity contribution in [3.8, 4) is 0 Å². The summed E-state index contributed by atoms with van der Waals surface area (Å²) in [4.78, 5) is 10.1. The van der Waals surface area contributed by atoms with Gasteiger partial charge in [0.1, 0.15) is 23.9 Å². The van der Waals surface area contributed by atoms with Crippen LogP contribution < -0.4 is 0 Å². The Morgan fingerprint density at radius 2 is 2.38 bits per heavy atom. The molecule has 0 saturated carbocycles. The van der Waals surface area contributed by atoms with E-state index < -0.39 is 4.92 Å². The highest BCUT2D eigenvalue weighted by Crippen LogP contribution is 2.12. The monoisotopic (exact) mass is 347 g/mol. The molecule has 10 nitrogen and oxygen atoms in total. The molecule has 0 unspecified atom stereocenters. The van der Waals surface area contributed by atoms with Gasteiger partial charge in [0.05, 0.1) is 17.7 Å². The van der Waals surface area contributed by atoms with Crippen molar-refractivity contribution < 1.29 is 9.34 Å². The van der Waals surface area contributed by atoms with Gasteiger partial charge in [-0.3, -0.25) is 19.9 Å². The highest BCUT2D eigenvalue weighted by atomic mass is 32.1. The molecule has 0 fully saturated rings. The van der Waals surface area contributed by atoms with Crippen LogP contribution in [0.15, 0.2) is 34.0 Å². The minimum absolute atomic E-state index is 0.0650. The number of nitrogens with one attached hydrogen (secondary N) is 1. The Kier molecular flexibility index (Phi) is 4.33. The van der Waals surface area contributed by atoms with Crippen LogP contribution in [-0.4, -0.2) is 35.8 Å². The van der Waals surface area contributed by atoms with Crippen molar-refractivity contribution in [2.24, 2.45) is 5.10 Å². The van der Waals surface area contributed by atoms with Gasteiger partial charge in [0.2, 0.25) is 4.77 Å².